The van der Waals surface area contributed by atoms with Crippen molar-refractivity contribution in [2.75, 3.05) is 25.0 Å². The van der Waals surface area contributed by atoms with Gasteiger partial charge in [-0.25, -0.2) is 0 Å². The van der Waals surface area contributed by atoms with E-state index in [0.717, 1.165) is 12.8 Å². The molecule has 1 saturated heterocycles. The smallest absolute Gasteiger partial charge is 0.310 e. The fourth-order valence-corrected chi connectivity index (χ4v) is 2.75. The Morgan fingerprint density at radius 3 is 2.74 bits per heavy atom. The van der Waals surface area contributed by atoms with Gasteiger partial charge in [-0.3, -0.25) is 14.4 Å². The molecule has 1 heterocycles. The number of benzene rings is 1. The normalized spacial score (nSPS) is 17.5. The number of hydrogen-bond acceptors (Lipinski definition) is 4. The van der Waals surface area contributed by atoms with Gasteiger partial charge in [0.2, 0.25) is 5.91 Å². The summed E-state index contributed by atoms with van der Waals surface area (Å²) < 4.78 is 5.06. The third-order valence-electron chi connectivity index (χ3n) is 3.80. The number of anilines is 1. The molecule has 6 nitrogen and oxygen atoms in total. The number of carbonyl (C=O) groups excluding carboxylic acids is 3. The summed E-state index contributed by atoms with van der Waals surface area (Å²) in [6.45, 7) is 4.47. The number of ether oxygens (including phenoxy) is 1. The van der Waals surface area contributed by atoms with Gasteiger partial charge >= 0.3 is 5.97 Å². The standard InChI is InChI=1S/C17H22N2O4/c1-3-23-17(22)13-7-6-10-19(11-13)16(21)14-8-4-5-9-15(14)18-12(2)20/h4-5,8-9,13H,3,6-7,10-11H2,1-2H3,(H,18,20)/t13-/m0/s1. The third-order valence-corrected chi connectivity index (χ3v) is 3.80. The highest BCUT2D eigenvalue weighted by Gasteiger charge is 2.30. The number of carbonyl (C=O) groups is 3. The van der Waals surface area contributed by atoms with Gasteiger partial charge in [-0.2, -0.15) is 0 Å². The quantitative estimate of drug-likeness (QED) is 0.862. The van der Waals surface area contributed by atoms with Crippen molar-refractivity contribution in [2.24, 2.45) is 5.92 Å². The van der Waals surface area contributed by atoms with Crippen LogP contribution in [-0.2, 0) is 14.3 Å². The van der Waals surface area contributed by atoms with Gasteiger partial charge < -0.3 is 15.0 Å². The molecule has 1 aliphatic heterocycles. The highest BCUT2D eigenvalue weighted by molar-refractivity contribution is 6.03. The fraction of sp³-hybridized carbons (Fsp3) is 0.471. The Labute approximate surface area is 135 Å². The molecule has 0 radical (unpaired) electrons. The van der Waals surface area contributed by atoms with Gasteiger partial charge in [-0.05, 0) is 31.9 Å². The van der Waals surface area contributed by atoms with Crippen LogP contribution in [0.25, 0.3) is 0 Å². The zero-order chi connectivity index (χ0) is 16.8. The van der Waals surface area contributed by atoms with Crippen molar-refractivity contribution >= 4 is 23.5 Å². The molecule has 6 heteroatoms. The van der Waals surface area contributed by atoms with Crippen LogP contribution in [-0.4, -0.2) is 42.4 Å². The Hall–Kier alpha value is -2.37. The second-order valence-corrected chi connectivity index (χ2v) is 5.57. The van der Waals surface area contributed by atoms with Crippen LogP contribution in [0.2, 0.25) is 0 Å². The number of nitrogens with one attached hydrogen (secondary N) is 1. The van der Waals surface area contributed by atoms with E-state index in [2.05, 4.69) is 5.32 Å². The number of nitrogens with zero attached hydrogens (tertiary/aromatic N) is 1. The first-order chi connectivity index (χ1) is 11.0. The summed E-state index contributed by atoms with van der Waals surface area (Å²) in [6, 6.07) is 6.90. The average molecular weight is 318 g/mol. The molecule has 1 aromatic rings. The molecule has 0 aromatic heterocycles. The number of para-hydroxylation sites is 1. The van der Waals surface area contributed by atoms with E-state index in [-0.39, 0.29) is 23.7 Å². The zero-order valence-electron chi connectivity index (χ0n) is 13.5. The zero-order valence-corrected chi connectivity index (χ0v) is 13.5. The summed E-state index contributed by atoms with van der Waals surface area (Å²) in [5.74, 6) is -0.933. The van der Waals surface area contributed by atoms with Crippen molar-refractivity contribution in [1.29, 1.82) is 0 Å². The fourth-order valence-electron chi connectivity index (χ4n) is 2.75. The van der Waals surface area contributed by atoms with Crippen LogP contribution in [0.5, 0.6) is 0 Å². The Kier molecular flexibility index (Phi) is 5.73. The molecule has 1 aliphatic rings. The maximum atomic E-state index is 12.8. The molecule has 1 fully saturated rings. The summed E-state index contributed by atoms with van der Waals surface area (Å²) >= 11 is 0. The van der Waals surface area contributed by atoms with Crippen LogP contribution >= 0.6 is 0 Å². The van der Waals surface area contributed by atoms with Gasteiger partial charge in [0.25, 0.3) is 5.91 Å². The van der Waals surface area contributed by atoms with Gasteiger partial charge in [0, 0.05) is 20.0 Å². The van der Waals surface area contributed by atoms with Crippen LogP contribution < -0.4 is 5.32 Å². The summed E-state index contributed by atoms with van der Waals surface area (Å²) in [6.07, 6.45) is 1.49. The van der Waals surface area contributed by atoms with Gasteiger partial charge in [-0.15, -0.1) is 0 Å². The lowest BCUT2D eigenvalue weighted by molar-refractivity contribution is -0.149. The highest BCUT2D eigenvalue weighted by Crippen LogP contribution is 2.23. The Balaban J connectivity index is 2.14. The molecule has 1 N–H and O–H groups in total. The van der Waals surface area contributed by atoms with E-state index < -0.39 is 0 Å². The molecule has 0 spiro atoms. The second kappa shape index (κ2) is 7.76. The molecule has 0 bridgehead atoms. The molecule has 2 rings (SSSR count). The highest BCUT2D eigenvalue weighted by atomic mass is 16.5. The Morgan fingerprint density at radius 1 is 1.30 bits per heavy atom. The van der Waals surface area contributed by atoms with E-state index in [9.17, 15) is 14.4 Å². The lowest BCUT2D eigenvalue weighted by atomic mass is 9.97. The lowest BCUT2D eigenvalue weighted by Crippen LogP contribution is -2.43. The molecule has 0 saturated carbocycles. The summed E-state index contributed by atoms with van der Waals surface area (Å²) in [5.41, 5.74) is 0.926. The van der Waals surface area contributed by atoms with Crippen LogP contribution in [0.1, 0.15) is 37.0 Å². The maximum Gasteiger partial charge on any atom is 0.310 e. The number of piperidine rings is 1. The average Bonchev–Trinajstić information content (AvgIpc) is 2.54. The minimum Gasteiger partial charge on any atom is -0.466 e. The van der Waals surface area contributed by atoms with Gasteiger partial charge in [0.15, 0.2) is 0 Å². The third kappa shape index (κ3) is 4.31. The monoisotopic (exact) mass is 318 g/mol. The van der Waals surface area contributed by atoms with Crippen molar-refractivity contribution < 1.29 is 19.1 Å². The summed E-state index contributed by atoms with van der Waals surface area (Å²) in [4.78, 5) is 37.6. The molecule has 23 heavy (non-hydrogen) atoms. The number of amides is 2. The first-order valence-corrected chi connectivity index (χ1v) is 7.85. The Morgan fingerprint density at radius 2 is 2.04 bits per heavy atom. The van der Waals surface area contributed by atoms with Gasteiger partial charge in [0.1, 0.15) is 0 Å². The topological polar surface area (TPSA) is 75.7 Å². The first-order valence-electron chi connectivity index (χ1n) is 7.85. The van der Waals surface area contributed by atoms with Crippen molar-refractivity contribution in [3.05, 3.63) is 29.8 Å². The lowest BCUT2D eigenvalue weighted by Gasteiger charge is -2.32. The molecule has 0 unspecified atom stereocenters. The van der Waals surface area contributed by atoms with Crippen LogP contribution in [0, 0.1) is 5.92 Å². The maximum absolute atomic E-state index is 12.8. The molecule has 1 aromatic carbocycles. The van der Waals surface area contributed by atoms with E-state index in [1.807, 2.05) is 0 Å². The molecule has 124 valence electrons. The van der Waals surface area contributed by atoms with Gasteiger partial charge in [-0.1, -0.05) is 12.1 Å². The second-order valence-electron chi connectivity index (χ2n) is 5.57. The Bertz CT molecular complexity index is 600. The van der Waals surface area contributed by atoms with E-state index >= 15 is 0 Å². The van der Waals surface area contributed by atoms with E-state index in [1.54, 1.807) is 36.1 Å². The van der Waals surface area contributed by atoms with Crippen LogP contribution in [0.15, 0.2) is 24.3 Å². The van der Waals surface area contributed by atoms with E-state index in [0.29, 0.717) is 30.9 Å². The van der Waals surface area contributed by atoms with Crippen LogP contribution in [0.4, 0.5) is 5.69 Å². The van der Waals surface area contributed by atoms with Crippen molar-refractivity contribution in [3.63, 3.8) is 0 Å². The number of rotatable bonds is 4. The van der Waals surface area contributed by atoms with Crippen LogP contribution in [0.3, 0.4) is 0 Å². The molecule has 1 atom stereocenters. The number of hydrogen-bond donors (Lipinski definition) is 1. The largest absolute Gasteiger partial charge is 0.466 e. The van der Waals surface area contributed by atoms with Crippen molar-refractivity contribution in [1.82, 2.24) is 4.90 Å². The molecular formula is C17H22N2O4. The SMILES string of the molecule is CCOC(=O)[C@H]1CCCN(C(=O)c2ccccc2NC(C)=O)C1. The molecule has 2 amide bonds. The van der Waals surface area contributed by atoms with Crippen molar-refractivity contribution in [3.8, 4) is 0 Å². The number of likely N-dealkylation sites (tertiary alicyclic amines) is 1. The molecule has 0 aliphatic carbocycles. The van der Waals surface area contributed by atoms with Crippen molar-refractivity contribution in [2.45, 2.75) is 26.7 Å². The number of esters is 1. The minimum atomic E-state index is -0.277. The summed E-state index contributed by atoms with van der Waals surface area (Å²) in [7, 11) is 0. The predicted octanol–water partition coefficient (Wildman–Crippen LogP) is 2.06. The summed E-state index contributed by atoms with van der Waals surface area (Å²) in [5, 5.41) is 2.67. The molecular weight excluding hydrogens is 296 g/mol. The van der Waals surface area contributed by atoms with E-state index in [4.69, 9.17) is 4.74 Å². The minimum absolute atomic E-state index is 0.177. The van der Waals surface area contributed by atoms with Gasteiger partial charge in [0.05, 0.1) is 23.8 Å². The van der Waals surface area contributed by atoms with E-state index in [1.165, 1.54) is 6.92 Å². The predicted molar refractivity (Wildman–Crippen MR) is 86.0 cm³/mol. The first kappa shape index (κ1) is 17.0.